The van der Waals surface area contributed by atoms with Crippen molar-refractivity contribution in [2.75, 3.05) is 15.1 Å². The van der Waals surface area contributed by atoms with Gasteiger partial charge in [0.1, 0.15) is 0 Å². The molecular formula is C8H8I2N2. The highest BCUT2D eigenvalue weighted by molar-refractivity contribution is 14.1. The smallest absolute Gasteiger partial charge is 0.163 e. The first-order chi connectivity index (χ1) is 5.72. The van der Waals surface area contributed by atoms with Gasteiger partial charge in [-0.05, 0) is 34.7 Å². The number of alkyl halides is 1. The molecule has 1 aromatic rings. The van der Waals surface area contributed by atoms with E-state index in [1.54, 1.807) is 0 Å². The Morgan fingerprint density at radius 3 is 2.42 bits per heavy atom. The molecule has 2 nitrogen and oxygen atoms in total. The molecule has 0 aromatic heterocycles. The minimum Gasteiger partial charge on any atom is -0.344 e. The standard InChI is InChI=1S/C8H8I2N2/c1-11-6-4-2-3-5-7(6)12(10)8(11)9/h2-5,8H,1H3. The van der Waals surface area contributed by atoms with Gasteiger partial charge in [0.2, 0.25) is 0 Å². The lowest BCUT2D eigenvalue weighted by molar-refractivity contribution is 0.975. The second-order valence-corrected chi connectivity index (χ2v) is 4.88. The molecule has 64 valence electrons. The maximum atomic E-state index is 2.42. The van der Waals surface area contributed by atoms with Crippen LogP contribution in [0.1, 0.15) is 0 Å². The summed E-state index contributed by atoms with van der Waals surface area (Å²) < 4.78 is 2.67. The fourth-order valence-electron chi connectivity index (χ4n) is 1.32. The second-order valence-electron chi connectivity index (χ2n) is 2.72. The molecule has 0 saturated carbocycles. The molecule has 0 fully saturated rings. The summed E-state index contributed by atoms with van der Waals surface area (Å²) in [5.41, 5.74) is 2.62. The molecular weight excluding hydrogens is 378 g/mol. The zero-order chi connectivity index (χ0) is 8.72. The fraction of sp³-hybridized carbons (Fsp3) is 0.250. The predicted octanol–water partition coefficient (Wildman–Crippen LogP) is 3.01. The molecule has 0 amide bonds. The number of hydrogen-bond donors (Lipinski definition) is 0. The average molecular weight is 386 g/mol. The van der Waals surface area contributed by atoms with Crippen LogP contribution in [0.4, 0.5) is 11.4 Å². The van der Waals surface area contributed by atoms with E-state index in [0.29, 0.717) is 4.17 Å². The summed E-state index contributed by atoms with van der Waals surface area (Å²) in [7, 11) is 2.12. The molecule has 0 saturated heterocycles. The molecule has 0 N–H and O–H groups in total. The lowest BCUT2D eigenvalue weighted by Crippen LogP contribution is -2.29. The minimum absolute atomic E-state index is 0.431. The molecule has 1 heterocycles. The highest BCUT2D eigenvalue weighted by Gasteiger charge is 2.29. The van der Waals surface area contributed by atoms with E-state index < -0.39 is 0 Å². The lowest BCUT2D eigenvalue weighted by Gasteiger charge is -2.19. The van der Waals surface area contributed by atoms with Crippen LogP contribution < -0.4 is 8.01 Å². The second kappa shape index (κ2) is 3.21. The third kappa shape index (κ3) is 1.19. The van der Waals surface area contributed by atoms with Gasteiger partial charge in [0.05, 0.1) is 34.2 Å². The van der Waals surface area contributed by atoms with Gasteiger partial charge in [-0.3, -0.25) is 3.11 Å². The third-order valence-corrected chi connectivity index (χ3v) is 5.50. The zero-order valence-corrected chi connectivity index (χ0v) is 10.9. The molecule has 4 heteroatoms. The number of anilines is 2. The maximum absolute atomic E-state index is 2.42. The van der Waals surface area contributed by atoms with Gasteiger partial charge in [-0.15, -0.1) is 0 Å². The van der Waals surface area contributed by atoms with E-state index >= 15 is 0 Å². The lowest BCUT2D eigenvalue weighted by atomic mass is 10.3. The number of halogens is 2. The van der Waals surface area contributed by atoms with Gasteiger partial charge in [-0.25, -0.2) is 0 Å². The van der Waals surface area contributed by atoms with Crippen molar-refractivity contribution in [3.05, 3.63) is 24.3 Å². The highest BCUT2D eigenvalue weighted by atomic mass is 127. The van der Waals surface area contributed by atoms with E-state index in [1.807, 2.05) is 0 Å². The van der Waals surface area contributed by atoms with E-state index in [1.165, 1.54) is 11.4 Å². The number of benzene rings is 1. The van der Waals surface area contributed by atoms with Crippen LogP contribution in [0.15, 0.2) is 24.3 Å². The van der Waals surface area contributed by atoms with Crippen molar-refractivity contribution >= 4 is 56.8 Å². The van der Waals surface area contributed by atoms with E-state index in [4.69, 9.17) is 0 Å². The van der Waals surface area contributed by atoms with E-state index in [2.05, 4.69) is 84.8 Å². The van der Waals surface area contributed by atoms with Crippen LogP contribution in [0.3, 0.4) is 0 Å². The van der Waals surface area contributed by atoms with Crippen molar-refractivity contribution in [1.82, 2.24) is 0 Å². The van der Waals surface area contributed by atoms with Crippen LogP contribution in [0.2, 0.25) is 0 Å². The molecule has 2 rings (SSSR count). The summed E-state index contributed by atoms with van der Waals surface area (Å²) in [5.74, 6) is 0. The number of rotatable bonds is 0. The first kappa shape index (κ1) is 8.86. The average Bonchev–Trinajstić information content (AvgIpc) is 2.33. The Bertz CT molecular complexity index is 274. The SMILES string of the molecule is CN1c2ccccc2N(I)C1I. The summed E-state index contributed by atoms with van der Waals surface area (Å²) in [6.07, 6.45) is 0. The maximum Gasteiger partial charge on any atom is 0.163 e. The van der Waals surface area contributed by atoms with E-state index in [-0.39, 0.29) is 0 Å². The number of hydrogen-bond acceptors (Lipinski definition) is 2. The fourth-order valence-corrected chi connectivity index (χ4v) is 2.71. The molecule has 1 aromatic carbocycles. The number of nitrogens with zero attached hydrogens (tertiary/aromatic N) is 2. The van der Waals surface area contributed by atoms with Crippen molar-refractivity contribution < 1.29 is 0 Å². The molecule has 12 heavy (non-hydrogen) atoms. The Balaban J connectivity index is 2.52. The predicted molar refractivity (Wildman–Crippen MR) is 69.2 cm³/mol. The van der Waals surface area contributed by atoms with Crippen molar-refractivity contribution in [3.63, 3.8) is 0 Å². The van der Waals surface area contributed by atoms with E-state index in [9.17, 15) is 0 Å². The Morgan fingerprint density at radius 1 is 1.25 bits per heavy atom. The molecule has 1 aliphatic heterocycles. The molecule has 0 spiro atoms. The van der Waals surface area contributed by atoms with Crippen LogP contribution in [-0.2, 0) is 0 Å². The molecule has 0 aliphatic carbocycles. The van der Waals surface area contributed by atoms with Gasteiger partial charge in [0.15, 0.2) is 4.17 Å². The summed E-state index contributed by atoms with van der Waals surface area (Å²) in [5, 5.41) is 0. The number of para-hydroxylation sites is 2. The van der Waals surface area contributed by atoms with Crippen LogP contribution in [0, 0.1) is 0 Å². The van der Waals surface area contributed by atoms with Crippen molar-refractivity contribution in [2.45, 2.75) is 4.17 Å². The Hall–Kier alpha value is 0.280. The van der Waals surface area contributed by atoms with Crippen LogP contribution in [0.25, 0.3) is 0 Å². The Morgan fingerprint density at radius 2 is 1.83 bits per heavy atom. The normalized spacial score (nSPS) is 21.4. The van der Waals surface area contributed by atoms with Gasteiger partial charge in [0.25, 0.3) is 0 Å². The van der Waals surface area contributed by atoms with Gasteiger partial charge < -0.3 is 4.90 Å². The summed E-state index contributed by atoms with van der Waals surface area (Å²) >= 11 is 4.77. The Kier molecular flexibility index (Phi) is 2.37. The first-order valence-corrected chi connectivity index (χ1v) is 5.84. The molecule has 1 unspecified atom stereocenters. The molecule has 0 radical (unpaired) electrons. The van der Waals surface area contributed by atoms with Crippen molar-refractivity contribution in [2.24, 2.45) is 0 Å². The molecule has 1 aliphatic rings. The monoisotopic (exact) mass is 386 g/mol. The van der Waals surface area contributed by atoms with Crippen LogP contribution in [0.5, 0.6) is 0 Å². The highest BCUT2D eigenvalue weighted by Crippen LogP contribution is 2.42. The van der Waals surface area contributed by atoms with Gasteiger partial charge in [-0.2, -0.15) is 0 Å². The quantitative estimate of drug-likeness (QED) is 0.293. The van der Waals surface area contributed by atoms with Gasteiger partial charge in [-0.1, -0.05) is 12.1 Å². The van der Waals surface area contributed by atoms with Gasteiger partial charge in [0, 0.05) is 7.05 Å². The van der Waals surface area contributed by atoms with Crippen molar-refractivity contribution in [3.8, 4) is 0 Å². The third-order valence-electron chi connectivity index (χ3n) is 2.00. The summed E-state index contributed by atoms with van der Waals surface area (Å²) in [4.78, 5) is 2.27. The van der Waals surface area contributed by atoms with Crippen LogP contribution >= 0.6 is 45.5 Å². The minimum atomic E-state index is 0.431. The number of fused-ring (bicyclic) bond motifs is 1. The summed E-state index contributed by atoms with van der Waals surface area (Å²) in [6.45, 7) is 0. The first-order valence-electron chi connectivity index (χ1n) is 3.63. The molecule has 1 atom stereocenters. The largest absolute Gasteiger partial charge is 0.344 e. The van der Waals surface area contributed by atoms with Crippen molar-refractivity contribution in [1.29, 1.82) is 0 Å². The zero-order valence-electron chi connectivity index (χ0n) is 6.54. The van der Waals surface area contributed by atoms with E-state index in [0.717, 1.165) is 0 Å². The molecule has 0 bridgehead atoms. The Labute approximate surface area is 99.6 Å². The summed E-state index contributed by atoms with van der Waals surface area (Å²) in [6, 6.07) is 8.46. The van der Waals surface area contributed by atoms with Gasteiger partial charge >= 0.3 is 0 Å². The van der Waals surface area contributed by atoms with Crippen LogP contribution in [-0.4, -0.2) is 11.2 Å². The topological polar surface area (TPSA) is 6.48 Å².